The minimum atomic E-state index is -3.80. The molecule has 0 unspecified atom stereocenters. The van der Waals surface area contributed by atoms with E-state index >= 15 is 0 Å². The standard InChI is InChI=1S/C11H10ClN3O4S/c1-15-5-8(13-14-15)6-20(18,19)10-4-7(11(16)17)2-3-9(10)12/h2-5H,6H2,1H3,(H,16,17). The Morgan fingerprint density at radius 2 is 2.15 bits per heavy atom. The molecule has 9 heteroatoms. The van der Waals surface area contributed by atoms with Crippen LogP contribution in [0.2, 0.25) is 5.02 Å². The van der Waals surface area contributed by atoms with Gasteiger partial charge in [0, 0.05) is 13.2 Å². The number of hydrogen-bond donors (Lipinski definition) is 1. The maximum absolute atomic E-state index is 12.3. The molecule has 0 aliphatic carbocycles. The third-order valence-corrected chi connectivity index (χ3v) is 4.63. The van der Waals surface area contributed by atoms with E-state index in [0.29, 0.717) is 0 Å². The average molecular weight is 316 g/mol. The lowest BCUT2D eigenvalue weighted by atomic mass is 10.2. The lowest BCUT2D eigenvalue weighted by Crippen LogP contribution is -2.08. The third-order valence-electron chi connectivity index (χ3n) is 2.50. The van der Waals surface area contributed by atoms with Crippen LogP contribution in [0, 0.1) is 0 Å². The number of aryl methyl sites for hydroxylation is 1. The monoisotopic (exact) mass is 315 g/mol. The second-order valence-electron chi connectivity index (χ2n) is 4.09. The highest BCUT2D eigenvalue weighted by molar-refractivity contribution is 7.90. The second-order valence-corrected chi connectivity index (χ2v) is 6.46. The minimum absolute atomic E-state index is 0.0288. The predicted molar refractivity (Wildman–Crippen MR) is 70.3 cm³/mol. The van der Waals surface area contributed by atoms with E-state index in [1.165, 1.54) is 23.0 Å². The van der Waals surface area contributed by atoms with E-state index in [-0.39, 0.29) is 21.2 Å². The molecule has 0 amide bonds. The van der Waals surface area contributed by atoms with Crippen LogP contribution in [-0.4, -0.2) is 34.5 Å². The number of nitrogens with zero attached hydrogens (tertiary/aromatic N) is 3. The van der Waals surface area contributed by atoms with Crippen molar-refractivity contribution >= 4 is 27.4 Å². The summed E-state index contributed by atoms with van der Waals surface area (Å²) in [5.41, 5.74) is 0.108. The largest absolute Gasteiger partial charge is 0.478 e. The number of carbonyl (C=O) groups is 1. The van der Waals surface area contributed by atoms with Crippen molar-refractivity contribution in [3.63, 3.8) is 0 Å². The first-order chi connectivity index (χ1) is 9.29. The van der Waals surface area contributed by atoms with Gasteiger partial charge in [-0.3, -0.25) is 4.68 Å². The molecule has 0 atom stereocenters. The molecule has 0 fully saturated rings. The molecule has 0 spiro atoms. The minimum Gasteiger partial charge on any atom is -0.478 e. The van der Waals surface area contributed by atoms with Crippen molar-refractivity contribution in [1.82, 2.24) is 15.0 Å². The van der Waals surface area contributed by atoms with Gasteiger partial charge in [0.2, 0.25) is 0 Å². The number of aromatic carboxylic acids is 1. The van der Waals surface area contributed by atoms with E-state index < -0.39 is 21.6 Å². The van der Waals surface area contributed by atoms with Crippen LogP contribution in [-0.2, 0) is 22.6 Å². The van der Waals surface area contributed by atoms with Gasteiger partial charge < -0.3 is 5.11 Å². The summed E-state index contributed by atoms with van der Waals surface area (Å²) < 4.78 is 25.9. The van der Waals surface area contributed by atoms with Crippen LogP contribution in [0.5, 0.6) is 0 Å². The zero-order valence-electron chi connectivity index (χ0n) is 10.3. The van der Waals surface area contributed by atoms with E-state index in [4.69, 9.17) is 16.7 Å². The Kier molecular flexibility index (Phi) is 3.78. The smallest absolute Gasteiger partial charge is 0.335 e. The quantitative estimate of drug-likeness (QED) is 0.907. The van der Waals surface area contributed by atoms with Crippen molar-refractivity contribution in [2.24, 2.45) is 7.05 Å². The fourth-order valence-corrected chi connectivity index (χ4v) is 3.43. The van der Waals surface area contributed by atoms with Gasteiger partial charge in [-0.15, -0.1) is 5.10 Å². The molecule has 0 saturated heterocycles. The molecule has 106 valence electrons. The van der Waals surface area contributed by atoms with Crippen LogP contribution in [0.4, 0.5) is 0 Å². The van der Waals surface area contributed by atoms with Crippen molar-refractivity contribution in [1.29, 1.82) is 0 Å². The number of sulfone groups is 1. The summed E-state index contributed by atoms with van der Waals surface area (Å²) in [6, 6.07) is 3.52. The average Bonchev–Trinajstić information content (AvgIpc) is 2.73. The third kappa shape index (κ3) is 2.97. The molecule has 0 bridgehead atoms. The number of halogens is 1. The molecule has 1 N–H and O–H groups in total. The van der Waals surface area contributed by atoms with Gasteiger partial charge in [-0.1, -0.05) is 16.8 Å². The van der Waals surface area contributed by atoms with Gasteiger partial charge in [0.1, 0.15) is 5.75 Å². The summed E-state index contributed by atoms with van der Waals surface area (Å²) in [5, 5.41) is 16.2. The molecule has 1 heterocycles. The molecule has 2 rings (SSSR count). The molecule has 20 heavy (non-hydrogen) atoms. The Labute approximate surface area is 119 Å². The predicted octanol–water partition coefficient (Wildman–Crippen LogP) is 1.14. The first kappa shape index (κ1) is 14.5. The van der Waals surface area contributed by atoms with Gasteiger partial charge in [-0.05, 0) is 18.2 Å². The number of aromatic nitrogens is 3. The zero-order chi connectivity index (χ0) is 14.9. The summed E-state index contributed by atoms with van der Waals surface area (Å²) in [7, 11) is -2.19. The molecule has 0 radical (unpaired) electrons. The number of carboxylic acid groups (broad SMARTS) is 1. The highest BCUT2D eigenvalue weighted by atomic mass is 35.5. The van der Waals surface area contributed by atoms with Gasteiger partial charge in [-0.2, -0.15) is 0 Å². The van der Waals surface area contributed by atoms with Crippen molar-refractivity contribution in [3.05, 3.63) is 40.7 Å². The highest BCUT2D eigenvalue weighted by Crippen LogP contribution is 2.25. The highest BCUT2D eigenvalue weighted by Gasteiger charge is 2.22. The van der Waals surface area contributed by atoms with Crippen LogP contribution in [0.3, 0.4) is 0 Å². The lowest BCUT2D eigenvalue weighted by Gasteiger charge is -2.06. The van der Waals surface area contributed by atoms with Crippen LogP contribution in [0.15, 0.2) is 29.3 Å². The van der Waals surface area contributed by atoms with Gasteiger partial charge in [-0.25, -0.2) is 13.2 Å². The molecular formula is C11H10ClN3O4S. The summed E-state index contributed by atoms with van der Waals surface area (Å²) in [6.07, 6.45) is 1.46. The fraction of sp³-hybridized carbons (Fsp3) is 0.182. The molecule has 1 aromatic heterocycles. The molecule has 0 aliphatic heterocycles. The number of benzene rings is 1. The number of carboxylic acids is 1. The second kappa shape index (κ2) is 5.22. The first-order valence-electron chi connectivity index (χ1n) is 5.40. The van der Waals surface area contributed by atoms with E-state index in [1.807, 2.05) is 0 Å². The van der Waals surface area contributed by atoms with Gasteiger partial charge in [0.05, 0.1) is 21.2 Å². The summed E-state index contributed by atoms with van der Waals surface area (Å²) in [4.78, 5) is 10.7. The van der Waals surface area contributed by atoms with E-state index in [0.717, 1.165) is 6.07 Å². The summed E-state index contributed by atoms with van der Waals surface area (Å²) >= 11 is 5.84. The molecule has 0 saturated carbocycles. The van der Waals surface area contributed by atoms with E-state index in [2.05, 4.69) is 10.3 Å². The van der Waals surface area contributed by atoms with Gasteiger partial charge in [0.25, 0.3) is 0 Å². The lowest BCUT2D eigenvalue weighted by molar-refractivity contribution is 0.0696. The number of hydrogen-bond acceptors (Lipinski definition) is 5. The van der Waals surface area contributed by atoms with Crippen LogP contribution < -0.4 is 0 Å². The Balaban J connectivity index is 2.43. The molecule has 0 aliphatic rings. The molecule has 7 nitrogen and oxygen atoms in total. The maximum Gasteiger partial charge on any atom is 0.335 e. The summed E-state index contributed by atoms with van der Waals surface area (Å²) in [6.45, 7) is 0. The van der Waals surface area contributed by atoms with Crippen LogP contribution in [0.25, 0.3) is 0 Å². The van der Waals surface area contributed by atoms with Crippen molar-refractivity contribution < 1.29 is 18.3 Å². The Morgan fingerprint density at radius 3 is 2.70 bits per heavy atom. The van der Waals surface area contributed by atoms with E-state index in [1.54, 1.807) is 7.05 Å². The van der Waals surface area contributed by atoms with Crippen molar-refractivity contribution in [2.75, 3.05) is 0 Å². The molecule has 1 aromatic carbocycles. The van der Waals surface area contributed by atoms with Crippen molar-refractivity contribution in [3.8, 4) is 0 Å². The molecule has 2 aromatic rings. The van der Waals surface area contributed by atoms with Crippen LogP contribution in [0.1, 0.15) is 16.1 Å². The van der Waals surface area contributed by atoms with E-state index in [9.17, 15) is 13.2 Å². The first-order valence-corrected chi connectivity index (χ1v) is 7.43. The van der Waals surface area contributed by atoms with Crippen LogP contribution >= 0.6 is 11.6 Å². The van der Waals surface area contributed by atoms with Gasteiger partial charge >= 0.3 is 5.97 Å². The molecular weight excluding hydrogens is 306 g/mol. The Hall–Kier alpha value is -1.93. The fourth-order valence-electron chi connectivity index (χ4n) is 1.61. The normalized spacial score (nSPS) is 11.5. The topological polar surface area (TPSA) is 102 Å². The zero-order valence-corrected chi connectivity index (χ0v) is 11.9. The number of rotatable bonds is 4. The maximum atomic E-state index is 12.3. The SMILES string of the molecule is Cn1cc(CS(=O)(=O)c2cc(C(=O)O)ccc2Cl)nn1. The van der Waals surface area contributed by atoms with Gasteiger partial charge in [0.15, 0.2) is 9.84 Å². The Bertz CT molecular complexity index is 770. The van der Waals surface area contributed by atoms with Crippen molar-refractivity contribution in [2.45, 2.75) is 10.6 Å². The summed E-state index contributed by atoms with van der Waals surface area (Å²) in [5.74, 6) is -1.62. The Morgan fingerprint density at radius 1 is 1.45 bits per heavy atom.